The first-order valence-electron chi connectivity index (χ1n) is 39.2. The number of carbonyl (C=O) groups is 9. The number of likely N-dealkylation sites (N-methyl/N-ethyl adjacent to an activating group) is 2. The van der Waals surface area contributed by atoms with Crippen LogP contribution in [0.25, 0.3) is 17.2 Å². The zero-order valence-corrected chi connectivity index (χ0v) is 70.0. The van der Waals surface area contributed by atoms with Crippen molar-refractivity contribution in [2.75, 3.05) is 39.7 Å². The molecule has 7 aliphatic heterocycles. The number of carbonyl (C=O) groups excluding carboxylic acids is 9. The summed E-state index contributed by atoms with van der Waals surface area (Å²) in [5.41, 5.74) is 1.71. The Labute approximate surface area is 727 Å². The maximum absolute atomic E-state index is 16.3. The molecule has 42 heteroatoms. The molecule has 1 aromatic heterocycles. The van der Waals surface area contributed by atoms with Gasteiger partial charge in [0.1, 0.15) is 101 Å². The van der Waals surface area contributed by atoms with Gasteiger partial charge in [0, 0.05) is 66.6 Å². The number of phenols is 3. The lowest BCUT2D eigenvalue weighted by Crippen LogP contribution is -2.65. The first kappa shape index (κ1) is 92.5. The Hall–Kier alpha value is -11.6. The van der Waals surface area contributed by atoms with Crippen LogP contribution in [0, 0.1) is 5.92 Å². The molecule has 2 saturated heterocycles. The zero-order chi connectivity index (χ0) is 90.5. The Morgan fingerprint density at radius 3 is 2.00 bits per heavy atom. The van der Waals surface area contributed by atoms with E-state index in [0.717, 1.165) is 80.9 Å². The van der Waals surface area contributed by atoms with Crippen LogP contribution in [-0.2, 0) is 68.7 Å². The first-order chi connectivity index (χ1) is 59.3. The number of hydrogen-bond acceptors (Lipinski definition) is 29. The van der Waals surface area contributed by atoms with Crippen molar-refractivity contribution in [2.24, 2.45) is 11.7 Å². The number of aliphatic hydroxyl groups excluding tert-OH is 6. The monoisotopic (exact) mass is 1790 g/mol. The maximum atomic E-state index is 16.3. The van der Waals surface area contributed by atoms with Gasteiger partial charge in [0.2, 0.25) is 59.3 Å². The van der Waals surface area contributed by atoms with Crippen LogP contribution in [0.5, 0.6) is 46.0 Å². The Balaban J connectivity index is 0.999. The van der Waals surface area contributed by atoms with Crippen molar-refractivity contribution < 1.29 is 122 Å². The molecule has 0 spiro atoms. The van der Waals surface area contributed by atoms with Gasteiger partial charge < -0.3 is 128 Å². The number of aromatic hydroxyl groups is 3. The second-order valence-electron chi connectivity index (χ2n) is 30.9. The van der Waals surface area contributed by atoms with Crippen LogP contribution >= 0.6 is 34.8 Å². The lowest BCUT2D eigenvalue weighted by molar-refractivity contribution is -0.334. The number of nitrogens with two attached hydrogens (primary N) is 1. The van der Waals surface area contributed by atoms with Crippen LogP contribution in [0.4, 0.5) is 5.82 Å². The van der Waals surface area contributed by atoms with Gasteiger partial charge in [-0.2, -0.15) is 4.98 Å². The van der Waals surface area contributed by atoms with Crippen molar-refractivity contribution in [3.05, 3.63) is 180 Å². The van der Waals surface area contributed by atoms with Crippen molar-refractivity contribution in [1.29, 1.82) is 0 Å². The molecule has 20 N–H and O–H groups in total. The van der Waals surface area contributed by atoms with E-state index in [1.807, 2.05) is 13.8 Å². The van der Waals surface area contributed by atoms with Gasteiger partial charge in [0.05, 0.1) is 48.4 Å². The molecule has 9 amide bonds. The number of ether oxygens (including phenoxy) is 6. The quantitative estimate of drug-likeness (QED) is 0.0362. The predicted octanol–water partition coefficient (Wildman–Crippen LogP) is 2.23. The SMILES string of the molecule is CNC(CC(C)C)C(=O)NC1C(=O)NC(CC(N)=O)C(=O)NC2C(=O)NC3C(=O)NC(C(=O)NC(C(=O)N(C)OC)c4cc(O)cc(O)c4-c4cc3ccc4O)C(O)c3ccc(c(Cl)c3)Oc3cc2cc(c3OC2OC(CO)C(O)C(O)C2OC2CC(C)(NCCn3ccc(NC(=O)C=Cc4ccc(Cl)cc4)nc3=O)C(O)C(C)O2)Oc2ccc(cc2Cl)C1O. The minimum Gasteiger partial charge on any atom is -0.508 e. The summed E-state index contributed by atoms with van der Waals surface area (Å²) in [6, 6.07) is 7.77. The van der Waals surface area contributed by atoms with E-state index in [9.17, 15) is 69.9 Å². The molecule has 0 aliphatic carbocycles. The summed E-state index contributed by atoms with van der Waals surface area (Å²) in [7, 11) is 3.70. The first-order valence-corrected chi connectivity index (χ1v) is 40.3. The minimum atomic E-state index is -2.39. The van der Waals surface area contributed by atoms with E-state index in [-0.39, 0.29) is 60.1 Å². The lowest BCUT2D eigenvalue weighted by Gasteiger charge is -2.48. The molecular weight excluding hydrogens is 1700 g/mol. The van der Waals surface area contributed by atoms with E-state index in [4.69, 9.17) is 73.8 Å². The number of hydroxylamine groups is 2. The number of anilines is 1. The number of aromatic nitrogens is 2. The molecule has 8 heterocycles. The van der Waals surface area contributed by atoms with Crippen LogP contribution in [-0.4, -0.2) is 227 Å². The number of hydrogen-bond donors (Lipinski definition) is 19. The second kappa shape index (κ2) is 39.3. The van der Waals surface area contributed by atoms with Gasteiger partial charge in [-0.25, -0.2) is 9.86 Å². The number of halogens is 3. The topological polar surface area (TPSA) is 573 Å². The molecule has 18 atom stereocenters. The van der Waals surface area contributed by atoms with Crippen molar-refractivity contribution in [3.8, 4) is 57.1 Å². The maximum Gasteiger partial charge on any atom is 0.349 e. The fourth-order valence-electron chi connectivity index (χ4n) is 15.0. The molecule has 0 radical (unpaired) electrons. The van der Waals surface area contributed by atoms with Gasteiger partial charge in [-0.3, -0.25) is 52.6 Å². The number of fused-ring (bicyclic) bond motifs is 15. The van der Waals surface area contributed by atoms with Crippen LogP contribution < -0.4 is 73.5 Å². The largest absolute Gasteiger partial charge is 0.508 e. The Bertz CT molecular complexity index is 5380. The fraction of sp³-hybridized carbons (Fsp3) is 0.386. The summed E-state index contributed by atoms with van der Waals surface area (Å²) in [5, 5.41) is 131. The third-order valence-electron chi connectivity index (χ3n) is 21.6. The lowest BCUT2D eigenvalue weighted by atomic mass is 9.85. The van der Waals surface area contributed by atoms with Crippen molar-refractivity contribution in [3.63, 3.8) is 0 Å². The zero-order valence-electron chi connectivity index (χ0n) is 67.8. The highest BCUT2D eigenvalue weighted by Crippen LogP contribution is 2.50. The average molecular weight is 1790 g/mol. The van der Waals surface area contributed by atoms with E-state index in [1.165, 1.54) is 55.1 Å². The van der Waals surface area contributed by atoms with Gasteiger partial charge in [-0.05, 0) is 145 Å². The van der Waals surface area contributed by atoms with Crippen molar-refractivity contribution >= 4 is 99.9 Å². The summed E-state index contributed by atoms with van der Waals surface area (Å²) in [6.07, 6.45) is -15.3. The minimum absolute atomic E-state index is 0.0331. The van der Waals surface area contributed by atoms with Crippen LogP contribution in [0.3, 0.4) is 0 Å². The van der Waals surface area contributed by atoms with E-state index in [1.54, 1.807) is 31.2 Å². The molecule has 125 heavy (non-hydrogen) atoms. The molecule has 11 bridgehead atoms. The number of nitrogens with one attached hydrogen (secondary N) is 9. The number of amides is 9. The van der Waals surface area contributed by atoms with E-state index in [2.05, 4.69) is 52.8 Å². The summed E-state index contributed by atoms with van der Waals surface area (Å²) in [6.45, 7) is 5.61. The predicted molar refractivity (Wildman–Crippen MR) is 443 cm³/mol. The molecule has 7 aromatic rings. The third kappa shape index (κ3) is 21.0. The number of rotatable bonds is 21. The summed E-state index contributed by atoms with van der Waals surface area (Å²) in [5.74, 6) is -16.0. The fourth-order valence-corrected chi connectivity index (χ4v) is 15.5. The number of primary amides is 1. The van der Waals surface area contributed by atoms with E-state index < -0.39 is 254 Å². The van der Waals surface area contributed by atoms with Crippen molar-refractivity contribution in [1.82, 2.24) is 57.1 Å². The highest BCUT2D eigenvalue weighted by atomic mass is 35.5. The smallest absolute Gasteiger partial charge is 0.349 e. The molecule has 14 rings (SSSR count). The highest BCUT2D eigenvalue weighted by molar-refractivity contribution is 6.32. The molecule has 39 nitrogen and oxygen atoms in total. The van der Waals surface area contributed by atoms with Gasteiger partial charge >= 0.3 is 5.69 Å². The van der Waals surface area contributed by atoms with Gasteiger partial charge in [0.25, 0.3) is 5.91 Å². The average Bonchev–Trinajstić information content (AvgIpc) is 0.763. The molecular formula is C83H92Cl3N13O26. The van der Waals surface area contributed by atoms with Gasteiger partial charge in [-0.15, -0.1) is 0 Å². The van der Waals surface area contributed by atoms with Gasteiger partial charge in [-0.1, -0.05) is 79.0 Å². The number of aliphatic hydroxyl groups is 6. The third-order valence-corrected chi connectivity index (χ3v) is 22.5. The Kier molecular flexibility index (Phi) is 29.1. The van der Waals surface area contributed by atoms with Gasteiger partial charge in [0.15, 0.2) is 23.9 Å². The Morgan fingerprint density at radius 1 is 0.736 bits per heavy atom. The number of nitrogens with zero attached hydrogens (tertiary/aromatic N) is 3. The highest BCUT2D eigenvalue weighted by Gasteiger charge is 2.52. The molecule has 0 saturated carbocycles. The van der Waals surface area contributed by atoms with Crippen LogP contribution in [0.2, 0.25) is 15.1 Å². The molecule has 666 valence electrons. The van der Waals surface area contributed by atoms with Crippen LogP contribution in [0.1, 0.15) is 111 Å². The van der Waals surface area contributed by atoms with E-state index >= 15 is 24.0 Å². The summed E-state index contributed by atoms with van der Waals surface area (Å²) < 4.78 is 40.7. The Morgan fingerprint density at radius 2 is 1.38 bits per heavy atom. The molecule has 7 aliphatic rings. The molecule has 18 unspecified atom stereocenters. The molecule has 6 aromatic carbocycles. The second-order valence-corrected chi connectivity index (χ2v) is 32.1. The van der Waals surface area contributed by atoms with Crippen LogP contribution in [0.15, 0.2) is 126 Å². The van der Waals surface area contributed by atoms with E-state index in [0.29, 0.717) is 15.6 Å². The summed E-state index contributed by atoms with van der Waals surface area (Å²) >= 11 is 20.4. The van der Waals surface area contributed by atoms with Crippen molar-refractivity contribution in [2.45, 2.75) is 163 Å². The summed E-state index contributed by atoms with van der Waals surface area (Å²) in [4.78, 5) is 155. The standard InChI is InChI=1S/C83H92Cl3N13O26/c1-35(2)24-48(88-5)74(111)96-65-67(106)39-12-17-52(46(85)26-39)121-54-28-41-29-55(71(54)125-81-72(70(109)69(108)56(34-100)123-81)124-60-33-83(4,73(110)36(3)120-60)89-21-23-99-22-20-58(92-82(99)118)91-59(105)19-10-37-8-14-42(84)15-9-37)122-53-18-13-40(27-47(53)86)68(107)66-79(116)95-64(80(117)98(6)119-7)45-30-43(101)31-51(103)61(45)44-25-38(11-16-50(44)102)62(76(113)97-66)94-77(114)63(41)93-75(112)49(32-57(87)104)90-78(65)115/h8-20,22,25-31,35-36,48-49,56,60,62-70,72-73,81,88-89,100-103,106-110H,21,23-24,32-34H2,1-7H3,(H2,87,104)(H,90,115)(H,93,112)(H,94,114)(H,95,116)(H,96,111)(H,97,113)(H,91,92,105,118). The normalized spacial score (nSPS) is 26.0. The molecule has 2 fully saturated rings. The number of benzene rings is 6. The number of phenolic OH excluding ortho intramolecular Hbond substituents is 3.